The Kier molecular flexibility index (Phi) is 31.5. The molecule has 0 saturated carbocycles. The van der Waals surface area contributed by atoms with E-state index in [9.17, 15) is 0 Å². The summed E-state index contributed by atoms with van der Waals surface area (Å²) in [6.07, 6.45) is 9.34. The van der Waals surface area contributed by atoms with Gasteiger partial charge in [-0.3, -0.25) is 0 Å². The molecule has 1 aromatic rings. The van der Waals surface area contributed by atoms with Crippen molar-refractivity contribution in [3.63, 3.8) is 0 Å². The number of hydrogen-bond donors (Lipinski definition) is 0. The van der Waals surface area contributed by atoms with Gasteiger partial charge in [-0.25, -0.2) is 0 Å². The fourth-order valence-electron chi connectivity index (χ4n) is 4.06. The zero-order valence-electron chi connectivity index (χ0n) is 28.6. The van der Waals surface area contributed by atoms with Gasteiger partial charge in [-0.2, -0.15) is 0 Å². The number of aryl methyl sites for hydroxylation is 1. The summed E-state index contributed by atoms with van der Waals surface area (Å²) in [4.78, 5) is 0. The number of unbranched alkanes of at least 4 members (excludes halogenated alkanes) is 5. The smallest absolute Gasteiger partial charge is 0.119 e. The van der Waals surface area contributed by atoms with Gasteiger partial charge in [0, 0.05) is 0 Å². The van der Waals surface area contributed by atoms with Gasteiger partial charge in [0.05, 0.1) is 118 Å². The van der Waals surface area contributed by atoms with Crippen LogP contribution in [0.4, 0.5) is 0 Å². The van der Waals surface area contributed by atoms with Gasteiger partial charge in [0.25, 0.3) is 0 Å². The molecule has 45 heavy (non-hydrogen) atoms. The van der Waals surface area contributed by atoms with Crippen molar-refractivity contribution in [2.24, 2.45) is 0 Å². The highest BCUT2D eigenvalue weighted by molar-refractivity contribution is 5.27. The molecule has 0 N–H and O–H groups in total. The highest BCUT2D eigenvalue weighted by Gasteiger charge is 1.99. The van der Waals surface area contributed by atoms with Crippen LogP contribution in [0.25, 0.3) is 0 Å². The minimum absolute atomic E-state index is 0.235. The molecule has 0 aliphatic rings. The van der Waals surface area contributed by atoms with Gasteiger partial charge in [0.1, 0.15) is 12.4 Å². The Hall–Kier alpha value is -1.34. The Balaban J connectivity index is 1.71. The molecule has 0 spiro atoms. The first-order chi connectivity index (χ1) is 22.2. The van der Waals surface area contributed by atoms with E-state index in [2.05, 4.69) is 31.2 Å². The molecule has 0 fully saturated rings. The Bertz CT molecular complexity index is 704. The highest BCUT2D eigenvalue weighted by atomic mass is 16.6. The Morgan fingerprint density at radius 1 is 0.422 bits per heavy atom. The van der Waals surface area contributed by atoms with Gasteiger partial charge in [-0.05, 0) is 44.4 Å². The molecule has 0 unspecified atom stereocenters. The number of rotatable bonds is 36. The average molecular weight is 645 g/mol. The summed E-state index contributed by atoms with van der Waals surface area (Å²) in [5.74, 6) is 0.889. The zero-order chi connectivity index (χ0) is 32.3. The van der Waals surface area contributed by atoms with E-state index in [1.165, 1.54) is 44.1 Å². The summed E-state index contributed by atoms with van der Waals surface area (Å²) in [6, 6.07) is 8.44. The molecule has 0 amide bonds. The molecular formula is C35H64O10. The van der Waals surface area contributed by atoms with Gasteiger partial charge in [-0.15, -0.1) is 0 Å². The van der Waals surface area contributed by atoms with Crippen molar-refractivity contribution in [2.75, 3.05) is 119 Å². The SMILES string of the molecule is CCCCCCCCc1ccc(OCCOCCOCCOCCOCCOCCOCCOCCOCCOC(C)C)cc1. The molecule has 0 aromatic heterocycles. The van der Waals surface area contributed by atoms with Crippen LogP contribution in [0.2, 0.25) is 0 Å². The van der Waals surface area contributed by atoms with Crippen molar-refractivity contribution >= 4 is 0 Å². The van der Waals surface area contributed by atoms with E-state index in [4.69, 9.17) is 47.4 Å². The molecule has 1 rings (SSSR count). The Morgan fingerprint density at radius 3 is 1.18 bits per heavy atom. The van der Waals surface area contributed by atoms with Gasteiger partial charge >= 0.3 is 0 Å². The van der Waals surface area contributed by atoms with Crippen LogP contribution in [0, 0.1) is 0 Å². The van der Waals surface area contributed by atoms with Crippen molar-refractivity contribution in [2.45, 2.75) is 71.8 Å². The van der Waals surface area contributed by atoms with Crippen LogP contribution in [-0.4, -0.2) is 125 Å². The summed E-state index contributed by atoms with van der Waals surface area (Å²) in [5.41, 5.74) is 1.38. The lowest BCUT2D eigenvalue weighted by atomic mass is 10.0. The van der Waals surface area contributed by atoms with Gasteiger partial charge in [0.2, 0.25) is 0 Å². The lowest BCUT2D eigenvalue weighted by molar-refractivity contribution is -0.0271. The van der Waals surface area contributed by atoms with E-state index in [1.807, 2.05) is 13.8 Å². The first-order valence-corrected chi connectivity index (χ1v) is 17.2. The quantitative estimate of drug-likeness (QED) is 0.0869. The molecule has 10 heteroatoms. The molecule has 264 valence electrons. The first kappa shape index (κ1) is 41.7. The topological polar surface area (TPSA) is 92.3 Å². The van der Waals surface area contributed by atoms with E-state index in [1.54, 1.807) is 0 Å². The molecule has 0 radical (unpaired) electrons. The maximum Gasteiger partial charge on any atom is 0.119 e. The summed E-state index contributed by atoms with van der Waals surface area (Å²) in [7, 11) is 0. The second-order valence-corrected chi connectivity index (χ2v) is 10.8. The number of benzene rings is 1. The molecule has 0 bridgehead atoms. The summed E-state index contributed by atoms with van der Waals surface area (Å²) in [6.45, 7) is 16.0. The van der Waals surface area contributed by atoms with Crippen molar-refractivity contribution in [3.05, 3.63) is 29.8 Å². The van der Waals surface area contributed by atoms with E-state index in [-0.39, 0.29) is 6.10 Å². The van der Waals surface area contributed by atoms with E-state index in [0.717, 1.165) is 12.2 Å². The van der Waals surface area contributed by atoms with Gasteiger partial charge < -0.3 is 47.4 Å². The summed E-state index contributed by atoms with van der Waals surface area (Å²) < 4.78 is 55.1. The first-order valence-electron chi connectivity index (χ1n) is 17.2. The van der Waals surface area contributed by atoms with E-state index in [0.29, 0.717) is 119 Å². The van der Waals surface area contributed by atoms with Crippen LogP contribution in [0.15, 0.2) is 24.3 Å². The largest absolute Gasteiger partial charge is 0.491 e. The third-order valence-corrected chi connectivity index (χ3v) is 6.52. The Labute approximate surface area is 273 Å². The van der Waals surface area contributed by atoms with E-state index >= 15 is 0 Å². The molecule has 0 atom stereocenters. The lowest BCUT2D eigenvalue weighted by Gasteiger charge is -2.09. The van der Waals surface area contributed by atoms with Crippen molar-refractivity contribution < 1.29 is 47.4 Å². The van der Waals surface area contributed by atoms with Crippen LogP contribution in [-0.2, 0) is 49.1 Å². The molecule has 0 aliphatic heterocycles. The van der Waals surface area contributed by atoms with Crippen molar-refractivity contribution in [3.8, 4) is 5.75 Å². The van der Waals surface area contributed by atoms with Gasteiger partial charge in [-0.1, -0.05) is 51.2 Å². The van der Waals surface area contributed by atoms with Crippen LogP contribution in [0.3, 0.4) is 0 Å². The van der Waals surface area contributed by atoms with Crippen LogP contribution in [0.1, 0.15) is 64.9 Å². The second kappa shape index (κ2) is 34.0. The molecular weight excluding hydrogens is 580 g/mol. The summed E-state index contributed by atoms with van der Waals surface area (Å²) in [5, 5.41) is 0. The highest BCUT2D eigenvalue weighted by Crippen LogP contribution is 2.15. The molecule has 10 nitrogen and oxygen atoms in total. The molecule has 0 heterocycles. The van der Waals surface area contributed by atoms with Crippen LogP contribution in [0.5, 0.6) is 5.75 Å². The zero-order valence-corrected chi connectivity index (χ0v) is 28.6. The summed E-state index contributed by atoms with van der Waals surface area (Å²) >= 11 is 0. The maximum absolute atomic E-state index is 5.77. The van der Waals surface area contributed by atoms with Crippen molar-refractivity contribution in [1.82, 2.24) is 0 Å². The molecule has 0 saturated heterocycles. The van der Waals surface area contributed by atoms with Crippen molar-refractivity contribution in [1.29, 1.82) is 0 Å². The maximum atomic E-state index is 5.77. The van der Waals surface area contributed by atoms with Crippen LogP contribution >= 0.6 is 0 Å². The number of ether oxygens (including phenoxy) is 10. The normalized spacial score (nSPS) is 11.6. The van der Waals surface area contributed by atoms with E-state index < -0.39 is 0 Å². The Morgan fingerprint density at radius 2 is 0.778 bits per heavy atom. The monoisotopic (exact) mass is 644 g/mol. The predicted molar refractivity (Wildman–Crippen MR) is 177 cm³/mol. The third-order valence-electron chi connectivity index (χ3n) is 6.52. The average Bonchev–Trinajstić information content (AvgIpc) is 3.04. The fraction of sp³-hybridized carbons (Fsp3) is 0.829. The predicted octanol–water partition coefficient (Wildman–Crippen LogP) is 5.53. The standard InChI is InChI=1S/C35H64O10/c1-4-5-6-7-8-9-10-34-11-13-35(14-12-34)45-32-30-43-28-26-41-24-22-39-20-18-37-16-15-36-17-19-38-21-23-40-25-27-42-29-31-44-33(2)3/h11-14,33H,4-10,15-32H2,1-3H3. The lowest BCUT2D eigenvalue weighted by Crippen LogP contribution is -2.15. The number of hydrogen-bond acceptors (Lipinski definition) is 10. The minimum atomic E-state index is 0.235. The third kappa shape index (κ3) is 31.0. The van der Waals surface area contributed by atoms with Gasteiger partial charge in [0.15, 0.2) is 0 Å². The molecule has 1 aromatic carbocycles. The fourth-order valence-corrected chi connectivity index (χ4v) is 4.06. The second-order valence-electron chi connectivity index (χ2n) is 10.8. The minimum Gasteiger partial charge on any atom is -0.491 e. The molecule has 0 aliphatic carbocycles. The van der Waals surface area contributed by atoms with Crippen LogP contribution < -0.4 is 4.74 Å².